The number of hydrogen-bond donors (Lipinski definition) is 1. The summed E-state index contributed by atoms with van der Waals surface area (Å²) in [6.07, 6.45) is 0. The number of nitrogens with zero attached hydrogens (tertiary/aromatic N) is 2. The molecule has 1 amide bonds. The van der Waals surface area contributed by atoms with E-state index < -0.39 is 22.5 Å². The Balaban J connectivity index is 1.90. The number of anilines is 1. The van der Waals surface area contributed by atoms with E-state index in [9.17, 15) is 13.2 Å². The van der Waals surface area contributed by atoms with E-state index in [0.29, 0.717) is 17.3 Å². The highest BCUT2D eigenvalue weighted by atomic mass is 32.2. The normalized spacial score (nSPS) is 12.1. The number of thiophene rings is 1. The average Bonchev–Trinajstić information content (AvgIpc) is 3.31. The number of rotatable bonds is 8. The largest absolute Gasteiger partial charge is 0.271 e. The monoisotopic (exact) mass is 469 g/mol. The first-order chi connectivity index (χ1) is 15.2. The summed E-state index contributed by atoms with van der Waals surface area (Å²) < 4.78 is 28.0. The minimum atomic E-state index is -3.95. The maximum atomic E-state index is 13.4. The van der Waals surface area contributed by atoms with Crippen molar-refractivity contribution < 1.29 is 13.2 Å². The minimum Gasteiger partial charge on any atom is -0.271 e. The number of carbonyl (C=O) groups excluding carboxylic acids is 1. The molecule has 0 fully saturated rings. The number of amides is 1. The highest BCUT2D eigenvalue weighted by Gasteiger charge is 2.27. The first kappa shape index (κ1) is 23.7. The summed E-state index contributed by atoms with van der Waals surface area (Å²) in [4.78, 5) is 13.7. The first-order valence-corrected chi connectivity index (χ1v) is 12.6. The van der Waals surface area contributed by atoms with Crippen LogP contribution in [-0.2, 0) is 14.8 Å². The molecule has 0 atom stereocenters. The number of aryl methyl sites for hydroxylation is 1. The van der Waals surface area contributed by atoms with E-state index >= 15 is 0 Å². The molecule has 2 aromatic carbocycles. The predicted octanol–water partition coefficient (Wildman–Crippen LogP) is 4.92. The van der Waals surface area contributed by atoms with Crippen LogP contribution in [0.1, 0.15) is 42.7 Å². The van der Waals surface area contributed by atoms with E-state index in [1.165, 1.54) is 11.3 Å². The fraction of sp³-hybridized carbons (Fsp3) is 0.250. The zero-order valence-corrected chi connectivity index (χ0v) is 20.2. The zero-order valence-electron chi connectivity index (χ0n) is 18.6. The molecule has 0 spiro atoms. The van der Waals surface area contributed by atoms with Crippen molar-refractivity contribution in [3.05, 3.63) is 82.0 Å². The van der Waals surface area contributed by atoms with Gasteiger partial charge in [-0.3, -0.25) is 9.10 Å². The van der Waals surface area contributed by atoms with Gasteiger partial charge in [0, 0.05) is 4.88 Å². The lowest BCUT2D eigenvalue weighted by atomic mass is 10.0. The van der Waals surface area contributed by atoms with Gasteiger partial charge >= 0.3 is 0 Å². The van der Waals surface area contributed by atoms with E-state index in [4.69, 9.17) is 0 Å². The summed E-state index contributed by atoms with van der Waals surface area (Å²) in [6.45, 7) is 7.42. The van der Waals surface area contributed by atoms with Crippen molar-refractivity contribution in [2.24, 2.45) is 5.10 Å². The molecule has 3 rings (SSSR count). The molecule has 1 N–H and O–H groups in total. The molecule has 0 unspecified atom stereocenters. The van der Waals surface area contributed by atoms with Crippen molar-refractivity contribution in [2.75, 3.05) is 10.8 Å². The molecule has 3 aromatic rings. The third kappa shape index (κ3) is 5.63. The third-order valence-electron chi connectivity index (χ3n) is 4.97. The Morgan fingerprint density at radius 1 is 1.06 bits per heavy atom. The molecule has 0 saturated carbocycles. The number of hydrazone groups is 1. The molecule has 0 bridgehead atoms. The van der Waals surface area contributed by atoms with Crippen LogP contribution in [0.5, 0.6) is 0 Å². The van der Waals surface area contributed by atoms with E-state index in [1.54, 1.807) is 43.3 Å². The molecule has 168 valence electrons. The Kier molecular flexibility index (Phi) is 7.48. The summed E-state index contributed by atoms with van der Waals surface area (Å²) in [7, 11) is -3.95. The van der Waals surface area contributed by atoms with Crippen LogP contribution >= 0.6 is 11.3 Å². The Bertz CT molecular complexity index is 1180. The van der Waals surface area contributed by atoms with Crippen molar-refractivity contribution in [2.45, 2.75) is 38.5 Å². The maximum absolute atomic E-state index is 13.4. The summed E-state index contributed by atoms with van der Waals surface area (Å²) in [5.41, 5.74) is 5.60. The Morgan fingerprint density at radius 2 is 1.72 bits per heavy atom. The van der Waals surface area contributed by atoms with Crippen LogP contribution in [0.15, 0.2) is 76.0 Å². The van der Waals surface area contributed by atoms with E-state index in [-0.39, 0.29) is 4.90 Å². The third-order valence-corrected chi connectivity index (χ3v) is 7.74. The molecular formula is C24H27N3O3S2. The highest BCUT2D eigenvalue weighted by molar-refractivity contribution is 7.92. The summed E-state index contributed by atoms with van der Waals surface area (Å²) in [6, 6.07) is 17.6. The molecule has 6 nitrogen and oxygen atoms in total. The van der Waals surface area contributed by atoms with Gasteiger partial charge in [0.2, 0.25) is 0 Å². The van der Waals surface area contributed by atoms with Gasteiger partial charge in [-0.2, -0.15) is 5.10 Å². The van der Waals surface area contributed by atoms with Crippen LogP contribution in [0.4, 0.5) is 5.69 Å². The van der Waals surface area contributed by atoms with Gasteiger partial charge < -0.3 is 0 Å². The first-order valence-electron chi connectivity index (χ1n) is 10.2. The summed E-state index contributed by atoms with van der Waals surface area (Å²) in [5, 5.41) is 6.05. The van der Waals surface area contributed by atoms with Crippen molar-refractivity contribution in [1.29, 1.82) is 0 Å². The van der Waals surface area contributed by atoms with Gasteiger partial charge in [-0.15, -0.1) is 11.3 Å². The standard InChI is InChI=1S/C24H27N3O3S2/c1-17(2)20-9-11-21(12-10-20)27(32(29,30)22-13-7-18(3)8-14-22)16-24(28)26-25-19(4)23-6-5-15-31-23/h5-15,17H,16H2,1-4H3,(H,26,28)/b25-19-. The lowest BCUT2D eigenvalue weighted by molar-refractivity contribution is -0.119. The fourth-order valence-corrected chi connectivity index (χ4v) is 5.13. The lowest BCUT2D eigenvalue weighted by Crippen LogP contribution is -2.39. The Hall–Kier alpha value is -2.97. The fourth-order valence-electron chi connectivity index (χ4n) is 3.03. The van der Waals surface area contributed by atoms with Crippen LogP contribution in [0.25, 0.3) is 0 Å². The smallest absolute Gasteiger partial charge is 0.264 e. The van der Waals surface area contributed by atoms with Crippen LogP contribution in [-0.4, -0.2) is 26.6 Å². The van der Waals surface area contributed by atoms with E-state index in [0.717, 1.165) is 20.3 Å². The van der Waals surface area contributed by atoms with E-state index in [1.807, 2.05) is 36.6 Å². The predicted molar refractivity (Wildman–Crippen MR) is 131 cm³/mol. The second-order valence-electron chi connectivity index (χ2n) is 7.78. The van der Waals surface area contributed by atoms with Crippen LogP contribution in [0.3, 0.4) is 0 Å². The van der Waals surface area contributed by atoms with Crippen LogP contribution in [0, 0.1) is 6.92 Å². The van der Waals surface area contributed by atoms with Gasteiger partial charge in [0.1, 0.15) is 6.54 Å². The second-order valence-corrected chi connectivity index (χ2v) is 10.6. The molecule has 0 aliphatic heterocycles. The second kappa shape index (κ2) is 10.1. The molecule has 0 saturated heterocycles. The number of hydrogen-bond acceptors (Lipinski definition) is 5. The maximum Gasteiger partial charge on any atom is 0.264 e. The topological polar surface area (TPSA) is 78.8 Å². The van der Waals surface area contributed by atoms with Crippen molar-refractivity contribution in [3.63, 3.8) is 0 Å². The van der Waals surface area contributed by atoms with Crippen LogP contribution < -0.4 is 9.73 Å². The van der Waals surface area contributed by atoms with Gasteiger partial charge in [-0.25, -0.2) is 13.8 Å². The highest BCUT2D eigenvalue weighted by Crippen LogP contribution is 2.26. The average molecular weight is 470 g/mol. The summed E-state index contributed by atoms with van der Waals surface area (Å²) >= 11 is 1.51. The lowest BCUT2D eigenvalue weighted by Gasteiger charge is -2.24. The molecular weight excluding hydrogens is 442 g/mol. The zero-order chi connectivity index (χ0) is 23.3. The minimum absolute atomic E-state index is 0.127. The Labute approximate surface area is 193 Å². The molecule has 0 aliphatic rings. The summed E-state index contributed by atoms with van der Waals surface area (Å²) in [5.74, 6) is -0.214. The van der Waals surface area contributed by atoms with Gasteiger partial charge in [-0.05, 0) is 61.0 Å². The number of nitrogens with one attached hydrogen (secondary N) is 1. The van der Waals surface area contributed by atoms with Crippen molar-refractivity contribution in [1.82, 2.24) is 5.43 Å². The molecule has 0 radical (unpaired) electrons. The molecule has 1 heterocycles. The van der Waals surface area contributed by atoms with E-state index in [2.05, 4.69) is 24.4 Å². The van der Waals surface area contributed by atoms with Gasteiger partial charge in [0.25, 0.3) is 15.9 Å². The van der Waals surface area contributed by atoms with Crippen molar-refractivity contribution >= 4 is 38.7 Å². The Morgan fingerprint density at radius 3 is 2.28 bits per heavy atom. The molecule has 32 heavy (non-hydrogen) atoms. The van der Waals surface area contributed by atoms with Crippen LogP contribution in [0.2, 0.25) is 0 Å². The van der Waals surface area contributed by atoms with Gasteiger partial charge in [0.15, 0.2) is 0 Å². The molecule has 1 aromatic heterocycles. The van der Waals surface area contributed by atoms with Crippen molar-refractivity contribution in [3.8, 4) is 0 Å². The van der Waals surface area contributed by atoms with Gasteiger partial charge in [0.05, 0.1) is 16.3 Å². The number of benzene rings is 2. The molecule has 0 aliphatic carbocycles. The number of sulfonamides is 1. The quantitative estimate of drug-likeness (QED) is 0.376. The van der Waals surface area contributed by atoms with Gasteiger partial charge in [-0.1, -0.05) is 49.7 Å². The number of carbonyl (C=O) groups is 1. The molecule has 8 heteroatoms. The SMILES string of the molecule is C/C(=N/NC(=O)CN(c1ccc(C(C)C)cc1)S(=O)(=O)c1ccc(C)cc1)c1cccs1.